The Balaban J connectivity index is 2.51. The molecule has 2 unspecified atom stereocenters. The quantitative estimate of drug-likeness (QED) is 0.918. The second kappa shape index (κ2) is 6.02. The van der Waals surface area contributed by atoms with Crippen LogP contribution in [0.5, 0.6) is 11.5 Å². The molecule has 0 aromatic heterocycles. The van der Waals surface area contributed by atoms with Crippen LogP contribution in [-0.2, 0) is 0 Å². The predicted molar refractivity (Wildman–Crippen MR) is 81.6 cm³/mol. The van der Waals surface area contributed by atoms with Gasteiger partial charge in [-0.05, 0) is 57.0 Å². The van der Waals surface area contributed by atoms with Crippen LogP contribution in [0.2, 0.25) is 0 Å². The standard InChI is InChI=1S/C16H26N2O2/c1-10-6-14(19-4)11(2)15(16(10)20-5)13-7-12(8-17)9-18(13)3/h6,12-13H,7-9,17H2,1-5H3. The van der Waals surface area contributed by atoms with Crippen LogP contribution in [0.3, 0.4) is 0 Å². The van der Waals surface area contributed by atoms with Gasteiger partial charge in [0, 0.05) is 18.2 Å². The maximum atomic E-state index is 5.85. The van der Waals surface area contributed by atoms with Gasteiger partial charge in [-0.15, -0.1) is 0 Å². The third-order valence-corrected chi connectivity index (χ3v) is 4.45. The molecule has 2 rings (SSSR count). The topological polar surface area (TPSA) is 47.7 Å². The molecule has 2 N–H and O–H groups in total. The highest BCUT2D eigenvalue weighted by molar-refractivity contribution is 5.54. The number of benzene rings is 1. The summed E-state index contributed by atoms with van der Waals surface area (Å²) in [5.74, 6) is 2.47. The molecule has 1 aromatic rings. The van der Waals surface area contributed by atoms with Gasteiger partial charge in [0.15, 0.2) is 0 Å². The predicted octanol–water partition coefficient (Wildman–Crippen LogP) is 2.27. The van der Waals surface area contributed by atoms with Crippen molar-refractivity contribution >= 4 is 0 Å². The smallest absolute Gasteiger partial charge is 0.127 e. The Labute approximate surface area is 121 Å². The second-order valence-electron chi connectivity index (χ2n) is 5.76. The van der Waals surface area contributed by atoms with E-state index in [-0.39, 0.29) is 0 Å². The fraction of sp³-hybridized carbons (Fsp3) is 0.625. The van der Waals surface area contributed by atoms with E-state index in [9.17, 15) is 0 Å². The van der Waals surface area contributed by atoms with E-state index in [4.69, 9.17) is 15.2 Å². The van der Waals surface area contributed by atoms with E-state index in [1.165, 1.54) is 11.1 Å². The Morgan fingerprint density at radius 3 is 2.50 bits per heavy atom. The van der Waals surface area contributed by atoms with E-state index < -0.39 is 0 Å². The third kappa shape index (κ3) is 2.50. The maximum Gasteiger partial charge on any atom is 0.127 e. The number of methoxy groups -OCH3 is 2. The molecule has 0 radical (unpaired) electrons. The van der Waals surface area contributed by atoms with Gasteiger partial charge in [-0.1, -0.05) is 0 Å². The Hall–Kier alpha value is -1.26. The summed E-state index contributed by atoms with van der Waals surface area (Å²) in [5.41, 5.74) is 9.39. The third-order valence-electron chi connectivity index (χ3n) is 4.45. The Morgan fingerprint density at radius 2 is 2.00 bits per heavy atom. The summed E-state index contributed by atoms with van der Waals surface area (Å²) in [7, 11) is 5.63. The van der Waals surface area contributed by atoms with Gasteiger partial charge in [-0.25, -0.2) is 0 Å². The van der Waals surface area contributed by atoms with Crippen LogP contribution >= 0.6 is 0 Å². The molecule has 1 saturated heterocycles. The Kier molecular flexibility index (Phi) is 4.55. The average Bonchev–Trinajstić information content (AvgIpc) is 2.81. The number of rotatable bonds is 4. The van der Waals surface area contributed by atoms with Crippen molar-refractivity contribution in [1.29, 1.82) is 0 Å². The number of nitrogens with two attached hydrogens (primary N) is 1. The molecule has 0 aliphatic carbocycles. The Bertz CT molecular complexity index is 488. The number of aryl methyl sites for hydroxylation is 1. The molecule has 4 heteroatoms. The molecule has 1 aliphatic heterocycles. The maximum absolute atomic E-state index is 5.85. The van der Waals surface area contributed by atoms with E-state index in [0.29, 0.717) is 12.0 Å². The lowest BCUT2D eigenvalue weighted by Gasteiger charge is -2.26. The summed E-state index contributed by atoms with van der Waals surface area (Å²) in [6, 6.07) is 2.40. The molecular weight excluding hydrogens is 252 g/mol. The van der Waals surface area contributed by atoms with E-state index >= 15 is 0 Å². The van der Waals surface area contributed by atoms with Gasteiger partial charge >= 0.3 is 0 Å². The van der Waals surface area contributed by atoms with Crippen molar-refractivity contribution in [3.05, 3.63) is 22.8 Å². The van der Waals surface area contributed by atoms with Crippen molar-refractivity contribution in [2.75, 3.05) is 34.4 Å². The monoisotopic (exact) mass is 278 g/mol. The molecule has 112 valence electrons. The molecule has 1 aliphatic rings. The molecule has 1 aromatic carbocycles. The van der Waals surface area contributed by atoms with Crippen LogP contribution in [0, 0.1) is 19.8 Å². The molecule has 0 amide bonds. The highest BCUT2D eigenvalue weighted by Crippen LogP contribution is 2.44. The van der Waals surface area contributed by atoms with Crippen molar-refractivity contribution < 1.29 is 9.47 Å². The summed E-state index contributed by atoms with van der Waals surface area (Å²) >= 11 is 0. The van der Waals surface area contributed by atoms with E-state index in [1.54, 1.807) is 14.2 Å². The fourth-order valence-electron chi connectivity index (χ4n) is 3.38. The lowest BCUT2D eigenvalue weighted by atomic mass is 9.93. The fourth-order valence-corrected chi connectivity index (χ4v) is 3.38. The molecule has 0 bridgehead atoms. The number of nitrogens with zero attached hydrogens (tertiary/aromatic N) is 1. The molecule has 2 atom stereocenters. The SMILES string of the molecule is COc1cc(C)c(OC)c(C2CC(CN)CN2C)c1C. The zero-order valence-corrected chi connectivity index (χ0v) is 13.2. The Morgan fingerprint density at radius 1 is 1.30 bits per heavy atom. The van der Waals surface area contributed by atoms with Crippen molar-refractivity contribution in [2.24, 2.45) is 11.7 Å². The summed E-state index contributed by atoms with van der Waals surface area (Å²) in [5, 5.41) is 0. The first kappa shape index (κ1) is 15.1. The lowest BCUT2D eigenvalue weighted by Crippen LogP contribution is -2.21. The summed E-state index contributed by atoms with van der Waals surface area (Å²) in [4.78, 5) is 2.38. The minimum atomic E-state index is 0.354. The van der Waals surface area contributed by atoms with Crippen LogP contribution in [0.4, 0.5) is 0 Å². The summed E-state index contributed by atoms with van der Waals surface area (Å²) in [6.07, 6.45) is 1.08. The van der Waals surface area contributed by atoms with Gasteiger partial charge in [-0.2, -0.15) is 0 Å². The molecule has 4 nitrogen and oxygen atoms in total. The van der Waals surface area contributed by atoms with Crippen molar-refractivity contribution in [3.8, 4) is 11.5 Å². The van der Waals surface area contributed by atoms with E-state index in [2.05, 4.69) is 25.8 Å². The molecule has 1 fully saturated rings. The van der Waals surface area contributed by atoms with Gasteiger partial charge in [0.25, 0.3) is 0 Å². The van der Waals surface area contributed by atoms with Gasteiger partial charge in [0.2, 0.25) is 0 Å². The number of hydrogen-bond donors (Lipinski definition) is 1. The molecule has 1 heterocycles. The zero-order valence-electron chi connectivity index (χ0n) is 13.2. The second-order valence-corrected chi connectivity index (χ2v) is 5.76. The van der Waals surface area contributed by atoms with Gasteiger partial charge in [-0.3, -0.25) is 4.90 Å². The number of ether oxygens (including phenoxy) is 2. The lowest BCUT2D eigenvalue weighted by molar-refractivity contribution is 0.299. The molecule has 20 heavy (non-hydrogen) atoms. The largest absolute Gasteiger partial charge is 0.496 e. The average molecular weight is 278 g/mol. The van der Waals surface area contributed by atoms with Gasteiger partial charge < -0.3 is 15.2 Å². The highest BCUT2D eigenvalue weighted by atomic mass is 16.5. The van der Waals surface area contributed by atoms with Crippen molar-refractivity contribution in [1.82, 2.24) is 4.90 Å². The van der Waals surface area contributed by atoms with Crippen LogP contribution in [-0.4, -0.2) is 39.3 Å². The highest BCUT2D eigenvalue weighted by Gasteiger charge is 2.33. The minimum absolute atomic E-state index is 0.354. The zero-order chi connectivity index (χ0) is 14.9. The normalized spacial score (nSPS) is 23.1. The van der Waals surface area contributed by atoms with E-state index in [0.717, 1.165) is 36.6 Å². The first-order chi connectivity index (χ1) is 9.53. The van der Waals surface area contributed by atoms with Crippen LogP contribution in [0.25, 0.3) is 0 Å². The first-order valence-corrected chi connectivity index (χ1v) is 7.15. The van der Waals surface area contributed by atoms with Crippen LogP contribution in [0.1, 0.15) is 29.2 Å². The molecule has 0 spiro atoms. The van der Waals surface area contributed by atoms with Gasteiger partial charge in [0.05, 0.1) is 14.2 Å². The number of likely N-dealkylation sites (tertiary alicyclic amines) is 1. The number of hydrogen-bond acceptors (Lipinski definition) is 4. The van der Waals surface area contributed by atoms with Crippen LogP contribution < -0.4 is 15.2 Å². The molecule has 0 saturated carbocycles. The van der Waals surface area contributed by atoms with Crippen molar-refractivity contribution in [3.63, 3.8) is 0 Å². The molecular formula is C16H26N2O2. The van der Waals surface area contributed by atoms with Gasteiger partial charge in [0.1, 0.15) is 11.5 Å². The minimum Gasteiger partial charge on any atom is -0.496 e. The van der Waals surface area contributed by atoms with E-state index in [1.807, 2.05) is 6.07 Å². The van der Waals surface area contributed by atoms with Crippen LogP contribution in [0.15, 0.2) is 6.07 Å². The summed E-state index contributed by atoms with van der Waals surface area (Å²) < 4.78 is 11.2. The first-order valence-electron chi connectivity index (χ1n) is 7.15. The summed E-state index contributed by atoms with van der Waals surface area (Å²) in [6.45, 7) is 5.96. The van der Waals surface area contributed by atoms with Crippen molar-refractivity contribution in [2.45, 2.75) is 26.3 Å².